The maximum atomic E-state index is 12.6. The summed E-state index contributed by atoms with van der Waals surface area (Å²) in [5, 5.41) is 18.6. The first kappa shape index (κ1) is 18.2. The fraction of sp³-hybridized carbons (Fsp3) is 0.222. The highest BCUT2D eigenvalue weighted by Crippen LogP contribution is 2.34. The number of carbonyl (C=O) groups excluding carboxylic acids is 1. The van der Waals surface area contributed by atoms with Crippen LogP contribution in [0.1, 0.15) is 18.4 Å². The van der Waals surface area contributed by atoms with Gasteiger partial charge in [0.2, 0.25) is 0 Å². The third-order valence-electron chi connectivity index (χ3n) is 3.99. The molecule has 0 spiro atoms. The quantitative estimate of drug-likeness (QED) is 0.607. The highest BCUT2D eigenvalue weighted by atomic mass is 32.2. The molecule has 1 saturated heterocycles. The Morgan fingerprint density at radius 2 is 2.12 bits per heavy atom. The van der Waals surface area contributed by atoms with Crippen LogP contribution in [-0.2, 0) is 16.1 Å². The normalized spacial score (nSPS) is 15.8. The van der Waals surface area contributed by atoms with Crippen LogP contribution >= 0.6 is 24.0 Å². The van der Waals surface area contributed by atoms with Crippen molar-refractivity contribution in [3.05, 3.63) is 40.9 Å². The molecule has 132 valence electrons. The molecule has 26 heavy (non-hydrogen) atoms. The second-order valence-corrected chi connectivity index (χ2v) is 7.36. The van der Waals surface area contributed by atoms with Gasteiger partial charge in [0.15, 0.2) is 0 Å². The minimum atomic E-state index is -0.969. The number of aryl methyl sites for hydroxylation is 1. The first-order valence-electron chi connectivity index (χ1n) is 7.93. The number of carboxylic acid groups (broad SMARTS) is 1. The number of thiocarbonyl (C=S) groups is 1. The van der Waals surface area contributed by atoms with Crippen LogP contribution in [-0.4, -0.2) is 37.3 Å². The number of carbonyl (C=O) groups is 2. The van der Waals surface area contributed by atoms with Crippen molar-refractivity contribution >= 4 is 57.2 Å². The van der Waals surface area contributed by atoms with E-state index in [1.165, 1.54) is 16.7 Å². The molecule has 6 nitrogen and oxygen atoms in total. The Bertz CT molecular complexity index is 972. The van der Waals surface area contributed by atoms with Crippen molar-refractivity contribution in [2.24, 2.45) is 0 Å². The van der Waals surface area contributed by atoms with Gasteiger partial charge >= 0.3 is 5.97 Å². The van der Waals surface area contributed by atoms with Gasteiger partial charge < -0.3 is 9.67 Å². The molecule has 3 rings (SSSR count). The van der Waals surface area contributed by atoms with Crippen LogP contribution in [0.3, 0.4) is 0 Å². The van der Waals surface area contributed by atoms with E-state index < -0.39 is 5.97 Å². The fourth-order valence-electron chi connectivity index (χ4n) is 2.79. The number of fused-ring (bicyclic) bond motifs is 1. The molecule has 1 aliphatic heterocycles. The average molecular weight is 385 g/mol. The van der Waals surface area contributed by atoms with Gasteiger partial charge in [0.05, 0.1) is 23.8 Å². The lowest BCUT2D eigenvalue weighted by molar-refractivity contribution is -0.137. The summed E-state index contributed by atoms with van der Waals surface area (Å²) >= 11 is 6.39. The van der Waals surface area contributed by atoms with Crippen LogP contribution < -0.4 is 0 Å². The summed E-state index contributed by atoms with van der Waals surface area (Å²) in [5.74, 6) is -1.24. The molecule has 0 unspecified atom stereocenters. The van der Waals surface area contributed by atoms with Gasteiger partial charge in [0.1, 0.15) is 4.32 Å². The van der Waals surface area contributed by atoms with Crippen LogP contribution in [0.15, 0.2) is 35.4 Å². The Balaban J connectivity index is 1.93. The van der Waals surface area contributed by atoms with Gasteiger partial charge in [-0.3, -0.25) is 14.5 Å². The Hall–Kier alpha value is -2.63. The third-order valence-corrected chi connectivity index (χ3v) is 5.37. The van der Waals surface area contributed by atoms with Crippen molar-refractivity contribution in [2.45, 2.75) is 19.4 Å². The van der Waals surface area contributed by atoms with E-state index in [1.807, 2.05) is 35.0 Å². The van der Waals surface area contributed by atoms with Crippen molar-refractivity contribution in [3.8, 4) is 6.07 Å². The molecule has 1 fully saturated rings. The number of amides is 1. The summed E-state index contributed by atoms with van der Waals surface area (Å²) in [7, 11) is 0. The van der Waals surface area contributed by atoms with Gasteiger partial charge in [0.25, 0.3) is 5.91 Å². The van der Waals surface area contributed by atoms with Gasteiger partial charge in [-0.1, -0.05) is 42.2 Å². The number of hydrogen-bond acceptors (Lipinski definition) is 5. The summed E-state index contributed by atoms with van der Waals surface area (Å²) in [5.41, 5.74) is 1.87. The summed E-state index contributed by atoms with van der Waals surface area (Å²) in [4.78, 5) is 25.1. The highest BCUT2D eigenvalue weighted by Gasteiger charge is 2.32. The number of thioether (sulfide) groups is 1. The van der Waals surface area contributed by atoms with Crippen molar-refractivity contribution in [3.63, 3.8) is 0 Å². The number of nitriles is 1. The summed E-state index contributed by atoms with van der Waals surface area (Å²) < 4.78 is 2.37. The lowest BCUT2D eigenvalue weighted by atomic mass is 10.1. The maximum absolute atomic E-state index is 12.6. The number of hydrogen-bond donors (Lipinski definition) is 1. The zero-order valence-corrected chi connectivity index (χ0v) is 15.3. The molecular weight excluding hydrogens is 370 g/mol. The highest BCUT2D eigenvalue weighted by molar-refractivity contribution is 8.26. The fourth-order valence-corrected chi connectivity index (χ4v) is 4.09. The van der Waals surface area contributed by atoms with Crippen molar-refractivity contribution in [1.82, 2.24) is 9.47 Å². The van der Waals surface area contributed by atoms with Crippen LogP contribution in [0.25, 0.3) is 17.0 Å². The van der Waals surface area contributed by atoms with E-state index in [9.17, 15) is 9.59 Å². The summed E-state index contributed by atoms with van der Waals surface area (Å²) in [6.07, 6.45) is 3.96. The second-order valence-electron chi connectivity index (χ2n) is 5.68. The Morgan fingerprint density at radius 1 is 1.35 bits per heavy atom. The Labute approximate surface area is 159 Å². The molecule has 0 atom stereocenters. The first-order valence-corrected chi connectivity index (χ1v) is 9.15. The third kappa shape index (κ3) is 3.64. The van der Waals surface area contributed by atoms with Crippen LogP contribution in [0.5, 0.6) is 0 Å². The molecule has 2 heterocycles. The molecule has 1 aromatic heterocycles. The van der Waals surface area contributed by atoms with E-state index in [0.717, 1.165) is 16.5 Å². The Kier molecular flexibility index (Phi) is 5.40. The summed E-state index contributed by atoms with van der Waals surface area (Å²) in [6.45, 7) is 0.645. The molecule has 0 saturated carbocycles. The van der Waals surface area contributed by atoms with Crippen LogP contribution in [0.4, 0.5) is 0 Å². The lowest BCUT2D eigenvalue weighted by Crippen LogP contribution is -2.30. The van der Waals surface area contributed by atoms with Crippen molar-refractivity contribution < 1.29 is 14.7 Å². The van der Waals surface area contributed by atoms with E-state index in [4.69, 9.17) is 22.6 Å². The number of benzene rings is 1. The molecule has 0 bridgehead atoms. The van der Waals surface area contributed by atoms with Crippen LogP contribution in [0, 0.1) is 11.3 Å². The predicted molar refractivity (Wildman–Crippen MR) is 104 cm³/mol. The SMILES string of the molecule is N#CCCn1cc(C=C2SC(=S)N(CCC(=O)O)C2=O)c2ccccc21. The second kappa shape index (κ2) is 7.72. The minimum Gasteiger partial charge on any atom is -0.481 e. The van der Waals surface area contributed by atoms with Crippen LogP contribution in [0.2, 0.25) is 0 Å². The van der Waals surface area contributed by atoms with E-state index in [-0.39, 0.29) is 18.9 Å². The Morgan fingerprint density at radius 3 is 2.85 bits per heavy atom. The summed E-state index contributed by atoms with van der Waals surface area (Å²) in [6, 6.07) is 9.93. The minimum absolute atomic E-state index is 0.0707. The largest absolute Gasteiger partial charge is 0.481 e. The number of aliphatic carboxylic acids is 1. The van der Waals surface area contributed by atoms with Gasteiger partial charge in [-0.15, -0.1) is 0 Å². The molecule has 0 radical (unpaired) electrons. The molecule has 1 N–H and O–H groups in total. The van der Waals surface area contributed by atoms with Gasteiger partial charge in [-0.2, -0.15) is 5.26 Å². The number of aromatic nitrogens is 1. The van der Waals surface area contributed by atoms with Crippen molar-refractivity contribution in [2.75, 3.05) is 6.54 Å². The van der Waals surface area contributed by atoms with E-state index >= 15 is 0 Å². The lowest BCUT2D eigenvalue weighted by Gasteiger charge is -2.12. The molecular formula is C18H15N3O3S2. The molecule has 2 aromatic rings. The first-order chi connectivity index (χ1) is 12.5. The molecule has 0 aliphatic carbocycles. The maximum Gasteiger partial charge on any atom is 0.305 e. The van der Waals surface area contributed by atoms with E-state index in [1.54, 1.807) is 6.08 Å². The topological polar surface area (TPSA) is 86.3 Å². The predicted octanol–water partition coefficient (Wildman–Crippen LogP) is 3.23. The molecule has 1 amide bonds. The van der Waals surface area contributed by atoms with Gasteiger partial charge in [-0.05, 0) is 12.1 Å². The van der Waals surface area contributed by atoms with Gasteiger partial charge in [0, 0.05) is 35.8 Å². The number of rotatable bonds is 6. The zero-order chi connectivity index (χ0) is 18.7. The molecule has 1 aliphatic rings. The molecule has 8 heteroatoms. The monoisotopic (exact) mass is 385 g/mol. The number of nitrogens with zero attached hydrogens (tertiary/aromatic N) is 3. The van der Waals surface area contributed by atoms with Crippen molar-refractivity contribution in [1.29, 1.82) is 5.26 Å². The number of para-hydroxylation sites is 1. The molecule has 1 aromatic carbocycles. The van der Waals surface area contributed by atoms with E-state index in [2.05, 4.69) is 6.07 Å². The average Bonchev–Trinajstić information content (AvgIpc) is 3.09. The van der Waals surface area contributed by atoms with Gasteiger partial charge in [-0.25, -0.2) is 0 Å². The van der Waals surface area contributed by atoms with E-state index in [0.29, 0.717) is 22.2 Å². The number of carboxylic acids is 1. The smallest absolute Gasteiger partial charge is 0.305 e. The standard InChI is InChI=1S/C18H15N3O3S2/c19-7-3-8-20-11-12(13-4-1-2-5-14(13)20)10-15-17(24)21(18(25)26-15)9-6-16(22)23/h1-2,4-5,10-11H,3,6,8-9H2,(H,22,23). The zero-order valence-electron chi connectivity index (χ0n) is 13.7.